The third kappa shape index (κ3) is 7.90. The molecular formula is C10H16Cl2FN3O. The molecule has 1 unspecified atom stereocenters. The molecule has 1 atom stereocenters. The van der Waals surface area contributed by atoms with Gasteiger partial charge in [0.1, 0.15) is 11.6 Å². The van der Waals surface area contributed by atoms with Crippen LogP contribution in [0.15, 0.2) is 18.3 Å². The molecule has 98 valence electrons. The van der Waals surface area contributed by atoms with E-state index in [4.69, 9.17) is 5.73 Å². The monoisotopic (exact) mass is 283 g/mol. The summed E-state index contributed by atoms with van der Waals surface area (Å²) in [6.07, 6.45) is 2.02. The summed E-state index contributed by atoms with van der Waals surface area (Å²) in [6, 6.07) is 2.66. The quantitative estimate of drug-likeness (QED) is 0.890. The molecule has 1 aromatic heterocycles. The van der Waals surface area contributed by atoms with Crippen molar-refractivity contribution >= 4 is 36.5 Å². The number of hydrogen-bond donors (Lipinski definition) is 2. The van der Waals surface area contributed by atoms with Crippen molar-refractivity contribution in [1.29, 1.82) is 0 Å². The van der Waals surface area contributed by atoms with E-state index >= 15 is 0 Å². The summed E-state index contributed by atoms with van der Waals surface area (Å²) in [5.41, 5.74) is 5.51. The van der Waals surface area contributed by atoms with Crippen LogP contribution >= 0.6 is 24.8 Å². The van der Waals surface area contributed by atoms with Gasteiger partial charge < -0.3 is 11.1 Å². The number of rotatable bonds is 4. The zero-order chi connectivity index (χ0) is 11.3. The van der Waals surface area contributed by atoms with E-state index in [9.17, 15) is 9.18 Å². The second-order valence-electron chi connectivity index (χ2n) is 3.43. The first-order valence-electron chi connectivity index (χ1n) is 4.75. The smallest absolute Gasteiger partial charge is 0.225 e. The molecule has 3 N–H and O–H groups in total. The van der Waals surface area contributed by atoms with Gasteiger partial charge in [-0.3, -0.25) is 4.79 Å². The van der Waals surface area contributed by atoms with Gasteiger partial charge in [-0.15, -0.1) is 24.8 Å². The fourth-order valence-electron chi connectivity index (χ4n) is 1.01. The van der Waals surface area contributed by atoms with Crippen LogP contribution in [0.5, 0.6) is 0 Å². The van der Waals surface area contributed by atoms with Gasteiger partial charge in [-0.1, -0.05) is 0 Å². The molecule has 0 radical (unpaired) electrons. The molecule has 1 rings (SSSR count). The van der Waals surface area contributed by atoms with Crippen molar-refractivity contribution in [3.05, 3.63) is 24.1 Å². The molecule has 1 heterocycles. The zero-order valence-electron chi connectivity index (χ0n) is 9.35. The summed E-state index contributed by atoms with van der Waals surface area (Å²) >= 11 is 0. The van der Waals surface area contributed by atoms with Gasteiger partial charge in [-0.2, -0.15) is 0 Å². The highest BCUT2D eigenvalue weighted by Crippen LogP contribution is 2.04. The number of anilines is 1. The van der Waals surface area contributed by atoms with Crippen LogP contribution in [0, 0.1) is 5.82 Å². The van der Waals surface area contributed by atoms with Crippen LogP contribution in [0.3, 0.4) is 0 Å². The van der Waals surface area contributed by atoms with E-state index in [1.807, 2.05) is 6.92 Å². The highest BCUT2D eigenvalue weighted by Gasteiger charge is 2.04. The summed E-state index contributed by atoms with van der Waals surface area (Å²) in [5.74, 6) is -0.235. The van der Waals surface area contributed by atoms with E-state index in [1.54, 1.807) is 0 Å². The molecule has 0 aromatic carbocycles. The Kier molecular flexibility index (Phi) is 9.94. The zero-order valence-corrected chi connectivity index (χ0v) is 11.0. The van der Waals surface area contributed by atoms with Crippen LogP contribution in [0.2, 0.25) is 0 Å². The second kappa shape index (κ2) is 9.15. The minimum Gasteiger partial charge on any atom is -0.328 e. The third-order valence-corrected chi connectivity index (χ3v) is 1.82. The first-order valence-corrected chi connectivity index (χ1v) is 4.75. The topological polar surface area (TPSA) is 68.0 Å². The Morgan fingerprint density at radius 3 is 2.65 bits per heavy atom. The van der Waals surface area contributed by atoms with Crippen molar-refractivity contribution in [2.45, 2.75) is 25.8 Å². The van der Waals surface area contributed by atoms with Crippen LogP contribution in [-0.4, -0.2) is 16.9 Å². The van der Waals surface area contributed by atoms with E-state index in [2.05, 4.69) is 10.3 Å². The summed E-state index contributed by atoms with van der Waals surface area (Å²) in [7, 11) is 0. The summed E-state index contributed by atoms with van der Waals surface area (Å²) in [5, 5.41) is 2.55. The lowest BCUT2D eigenvalue weighted by Crippen LogP contribution is -2.19. The molecule has 4 nitrogen and oxygen atoms in total. The van der Waals surface area contributed by atoms with Gasteiger partial charge in [0.05, 0.1) is 6.20 Å². The van der Waals surface area contributed by atoms with Gasteiger partial charge in [0.25, 0.3) is 0 Å². The highest BCUT2D eigenvalue weighted by molar-refractivity contribution is 5.89. The number of pyridine rings is 1. The normalized spacial score (nSPS) is 10.8. The molecule has 1 amide bonds. The number of nitrogens with zero attached hydrogens (tertiary/aromatic N) is 1. The number of nitrogens with one attached hydrogen (secondary N) is 1. The maximum absolute atomic E-state index is 12.5. The maximum Gasteiger partial charge on any atom is 0.225 e. The van der Waals surface area contributed by atoms with Gasteiger partial charge in [0.15, 0.2) is 0 Å². The van der Waals surface area contributed by atoms with E-state index < -0.39 is 5.82 Å². The molecule has 7 heteroatoms. The molecular weight excluding hydrogens is 268 g/mol. The number of carbonyl (C=O) groups excluding carboxylic acids is 1. The summed E-state index contributed by atoms with van der Waals surface area (Å²) in [6.45, 7) is 1.84. The van der Waals surface area contributed by atoms with E-state index in [-0.39, 0.29) is 36.8 Å². The van der Waals surface area contributed by atoms with Crippen molar-refractivity contribution < 1.29 is 9.18 Å². The Bertz CT molecular complexity index is 333. The predicted octanol–water partition coefficient (Wildman–Crippen LogP) is 2.13. The van der Waals surface area contributed by atoms with Crippen LogP contribution in [-0.2, 0) is 4.79 Å². The number of aromatic nitrogens is 1. The van der Waals surface area contributed by atoms with Gasteiger partial charge in [0, 0.05) is 12.5 Å². The number of nitrogens with two attached hydrogens (primary N) is 1. The van der Waals surface area contributed by atoms with Crippen molar-refractivity contribution in [2.75, 3.05) is 5.32 Å². The maximum atomic E-state index is 12.5. The van der Waals surface area contributed by atoms with Gasteiger partial charge in [-0.25, -0.2) is 9.37 Å². The van der Waals surface area contributed by atoms with Crippen LogP contribution in [0.1, 0.15) is 19.8 Å². The molecule has 0 aliphatic rings. The lowest BCUT2D eigenvalue weighted by molar-refractivity contribution is -0.116. The molecule has 0 aliphatic carbocycles. The van der Waals surface area contributed by atoms with Crippen LogP contribution < -0.4 is 11.1 Å². The van der Waals surface area contributed by atoms with E-state index in [0.717, 1.165) is 6.20 Å². The lowest BCUT2D eigenvalue weighted by atomic mass is 10.2. The molecule has 0 fully saturated rings. The first kappa shape index (κ1) is 18.5. The lowest BCUT2D eigenvalue weighted by Gasteiger charge is -2.05. The Hall–Kier alpha value is -0.910. The Morgan fingerprint density at radius 1 is 1.53 bits per heavy atom. The van der Waals surface area contributed by atoms with Crippen LogP contribution in [0.25, 0.3) is 0 Å². The molecule has 0 bridgehead atoms. The highest BCUT2D eigenvalue weighted by atomic mass is 35.5. The Balaban J connectivity index is 0. The Morgan fingerprint density at radius 2 is 2.18 bits per heavy atom. The SMILES string of the molecule is CC(N)CCC(=O)Nc1ccc(F)cn1.Cl.Cl. The van der Waals surface area contributed by atoms with Crippen LogP contribution in [0.4, 0.5) is 10.2 Å². The first-order chi connectivity index (χ1) is 7.08. The minimum absolute atomic E-state index is 0. The van der Waals surface area contributed by atoms with Crippen molar-refractivity contribution in [2.24, 2.45) is 5.73 Å². The van der Waals surface area contributed by atoms with Gasteiger partial charge in [0.2, 0.25) is 5.91 Å². The van der Waals surface area contributed by atoms with E-state index in [1.165, 1.54) is 12.1 Å². The molecule has 17 heavy (non-hydrogen) atoms. The molecule has 1 aromatic rings. The van der Waals surface area contributed by atoms with Gasteiger partial charge in [-0.05, 0) is 25.5 Å². The Labute approximate surface area is 112 Å². The number of halogens is 3. The molecule has 0 spiro atoms. The van der Waals surface area contributed by atoms with Gasteiger partial charge >= 0.3 is 0 Å². The average Bonchev–Trinajstić information content (AvgIpc) is 2.19. The molecule has 0 saturated carbocycles. The fourth-order valence-corrected chi connectivity index (χ4v) is 1.01. The summed E-state index contributed by atoms with van der Waals surface area (Å²) in [4.78, 5) is 15.0. The van der Waals surface area contributed by atoms with E-state index in [0.29, 0.717) is 18.7 Å². The summed E-state index contributed by atoms with van der Waals surface area (Å²) < 4.78 is 12.5. The third-order valence-electron chi connectivity index (χ3n) is 1.82. The van der Waals surface area contributed by atoms with Crippen molar-refractivity contribution in [3.8, 4) is 0 Å². The fraction of sp³-hybridized carbons (Fsp3) is 0.400. The number of hydrogen-bond acceptors (Lipinski definition) is 3. The number of amides is 1. The molecule has 0 saturated heterocycles. The van der Waals surface area contributed by atoms with Crippen molar-refractivity contribution in [1.82, 2.24) is 4.98 Å². The van der Waals surface area contributed by atoms with Crippen molar-refractivity contribution in [3.63, 3.8) is 0 Å². The minimum atomic E-state index is -0.427. The standard InChI is InChI=1S/C10H14FN3O.2ClH/c1-7(12)2-5-10(15)14-9-4-3-8(11)6-13-9;;/h3-4,6-7H,2,5,12H2,1H3,(H,13,14,15);2*1H. The number of carbonyl (C=O) groups is 1. The second-order valence-corrected chi connectivity index (χ2v) is 3.43. The predicted molar refractivity (Wildman–Crippen MR) is 70.2 cm³/mol. The molecule has 0 aliphatic heterocycles. The average molecular weight is 284 g/mol. The largest absolute Gasteiger partial charge is 0.328 e.